The molecule has 2 aromatic rings. The number of hydrogen-bond donors (Lipinski definition) is 2. The summed E-state index contributed by atoms with van der Waals surface area (Å²) in [7, 11) is -2.19. The van der Waals surface area contributed by atoms with Crippen LogP contribution in [-0.2, 0) is 26.0 Å². The SMILES string of the molecule is CCOCCc1nnc(NC(=O)CCNS(=O)(=O)c2ccc(OC)cc2)s1. The van der Waals surface area contributed by atoms with Crippen LogP contribution in [0.5, 0.6) is 5.75 Å². The van der Waals surface area contributed by atoms with Crippen LogP contribution in [0.2, 0.25) is 0 Å². The summed E-state index contributed by atoms with van der Waals surface area (Å²) in [5.74, 6) is 0.214. The molecule has 1 amide bonds. The van der Waals surface area contributed by atoms with E-state index in [2.05, 4.69) is 20.2 Å². The number of benzene rings is 1. The molecule has 0 aliphatic rings. The third-order valence-electron chi connectivity index (χ3n) is 3.39. The number of amides is 1. The maximum atomic E-state index is 12.2. The number of hydrogen-bond acceptors (Lipinski definition) is 8. The highest BCUT2D eigenvalue weighted by Gasteiger charge is 2.15. The fraction of sp³-hybridized carbons (Fsp3) is 0.438. The van der Waals surface area contributed by atoms with Gasteiger partial charge in [0.2, 0.25) is 21.1 Å². The first-order valence-electron chi connectivity index (χ1n) is 8.28. The molecule has 1 aromatic heterocycles. The van der Waals surface area contributed by atoms with Gasteiger partial charge >= 0.3 is 0 Å². The van der Waals surface area contributed by atoms with Crippen LogP contribution < -0.4 is 14.8 Å². The van der Waals surface area contributed by atoms with E-state index in [0.717, 1.165) is 5.01 Å². The number of carbonyl (C=O) groups excluding carboxylic acids is 1. The van der Waals surface area contributed by atoms with Crippen LogP contribution in [0.4, 0.5) is 5.13 Å². The van der Waals surface area contributed by atoms with Crippen LogP contribution >= 0.6 is 11.3 Å². The molecule has 1 heterocycles. The number of anilines is 1. The number of sulfonamides is 1. The predicted molar refractivity (Wildman–Crippen MR) is 102 cm³/mol. The third kappa shape index (κ3) is 6.86. The van der Waals surface area contributed by atoms with Gasteiger partial charge in [0.05, 0.1) is 18.6 Å². The summed E-state index contributed by atoms with van der Waals surface area (Å²) in [4.78, 5) is 12.0. The van der Waals surface area contributed by atoms with Crippen molar-refractivity contribution in [1.82, 2.24) is 14.9 Å². The number of methoxy groups -OCH3 is 1. The van der Waals surface area contributed by atoms with E-state index in [1.54, 1.807) is 12.1 Å². The van der Waals surface area contributed by atoms with Crippen LogP contribution in [0.3, 0.4) is 0 Å². The standard InChI is InChI=1S/C16H22N4O5S2/c1-3-25-11-9-15-19-20-16(26-15)18-14(21)8-10-17-27(22,23)13-6-4-12(24-2)5-7-13/h4-7,17H,3,8-11H2,1-2H3,(H,18,20,21). The Morgan fingerprint density at radius 1 is 1.22 bits per heavy atom. The lowest BCUT2D eigenvalue weighted by molar-refractivity contribution is -0.116. The molecule has 0 saturated carbocycles. The Morgan fingerprint density at radius 3 is 2.63 bits per heavy atom. The van der Waals surface area contributed by atoms with E-state index in [4.69, 9.17) is 9.47 Å². The smallest absolute Gasteiger partial charge is 0.240 e. The predicted octanol–water partition coefficient (Wildman–Crippen LogP) is 1.43. The van der Waals surface area contributed by atoms with Crippen molar-refractivity contribution in [2.75, 3.05) is 32.2 Å². The molecule has 0 atom stereocenters. The first-order valence-corrected chi connectivity index (χ1v) is 10.6. The molecule has 0 fully saturated rings. The van der Waals surface area contributed by atoms with E-state index >= 15 is 0 Å². The molecule has 9 nitrogen and oxygen atoms in total. The number of carbonyl (C=O) groups is 1. The summed E-state index contributed by atoms with van der Waals surface area (Å²) in [5.41, 5.74) is 0. The molecular weight excluding hydrogens is 392 g/mol. The van der Waals surface area contributed by atoms with Crippen LogP contribution in [-0.4, -0.2) is 51.4 Å². The minimum atomic E-state index is -3.69. The maximum absolute atomic E-state index is 12.2. The highest BCUT2D eigenvalue weighted by atomic mass is 32.2. The lowest BCUT2D eigenvalue weighted by Gasteiger charge is -2.07. The Kier molecular flexibility index (Phi) is 8.10. The molecule has 0 saturated heterocycles. The van der Waals surface area contributed by atoms with Gasteiger partial charge in [0, 0.05) is 26.0 Å². The topological polar surface area (TPSA) is 120 Å². The molecule has 11 heteroatoms. The van der Waals surface area contributed by atoms with Crippen LogP contribution in [0.25, 0.3) is 0 Å². The van der Waals surface area contributed by atoms with Gasteiger partial charge in [0.25, 0.3) is 0 Å². The Labute approximate surface area is 162 Å². The fourth-order valence-electron chi connectivity index (χ4n) is 2.03. The molecule has 0 aliphatic carbocycles. The van der Waals surface area contributed by atoms with Gasteiger partial charge < -0.3 is 14.8 Å². The van der Waals surface area contributed by atoms with E-state index in [0.29, 0.717) is 30.5 Å². The summed E-state index contributed by atoms with van der Waals surface area (Å²) in [6.45, 7) is 3.06. The maximum Gasteiger partial charge on any atom is 0.240 e. The lowest BCUT2D eigenvalue weighted by atomic mass is 10.3. The molecule has 0 spiro atoms. The van der Waals surface area contributed by atoms with E-state index < -0.39 is 10.0 Å². The molecule has 27 heavy (non-hydrogen) atoms. The normalized spacial score (nSPS) is 11.3. The highest BCUT2D eigenvalue weighted by Crippen LogP contribution is 2.16. The highest BCUT2D eigenvalue weighted by molar-refractivity contribution is 7.89. The molecule has 0 unspecified atom stereocenters. The molecule has 0 aliphatic heterocycles. The van der Waals surface area contributed by atoms with Crippen molar-refractivity contribution in [2.24, 2.45) is 0 Å². The van der Waals surface area contributed by atoms with Crippen molar-refractivity contribution in [3.05, 3.63) is 29.3 Å². The van der Waals surface area contributed by atoms with Crippen molar-refractivity contribution in [3.8, 4) is 5.75 Å². The number of rotatable bonds is 11. The van der Waals surface area contributed by atoms with Crippen molar-refractivity contribution in [2.45, 2.75) is 24.7 Å². The van der Waals surface area contributed by atoms with Crippen LogP contribution in [0.1, 0.15) is 18.4 Å². The third-order valence-corrected chi connectivity index (χ3v) is 5.77. The van der Waals surface area contributed by atoms with Crippen molar-refractivity contribution in [3.63, 3.8) is 0 Å². The van der Waals surface area contributed by atoms with Gasteiger partial charge in [0.1, 0.15) is 10.8 Å². The van der Waals surface area contributed by atoms with Gasteiger partial charge in [-0.05, 0) is 31.2 Å². The second kappa shape index (κ2) is 10.3. The zero-order chi connectivity index (χ0) is 19.7. The van der Waals surface area contributed by atoms with Gasteiger partial charge in [-0.1, -0.05) is 11.3 Å². The molecule has 0 radical (unpaired) electrons. The van der Waals surface area contributed by atoms with Crippen molar-refractivity contribution < 1.29 is 22.7 Å². The van der Waals surface area contributed by atoms with Crippen molar-refractivity contribution in [1.29, 1.82) is 0 Å². The zero-order valence-electron chi connectivity index (χ0n) is 15.1. The molecule has 2 rings (SSSR count). The zero-order valence-corrected chi connectivity index (χ0v) is 16.7. The molecule has 1 aromatic carbocycles. The fourth-order valence-corrected chi connectivity index (χ4v) is 3.80. The minimum absolute atomic E-state index is 0.0246. The molecule has 148 valence electrons. The number of ether oxygens (including phenoxy) is 2. The molecule has 0 bridgehead atoms. The largest absolute Gasteiger partial charge is 0.497 e. The Bertz CT molecular complexity index is 837. The van der Waals surface area contributed by atoms with E-state index in [9.17, 15) is 13.2 Å². The van der Waals surface area contributed by atoms with Gasteiger partial charge in [-0.15, -0.1) is 10.2 Å². The molecular formula is C16H22N4O5S2. The lowest BCUT2D eigenvalue weighted by Crippen LogP contribution is -2.27. The number of aromatic nitrogens is 2. The Balaban J connectivity index is 1.78. The van der Waals surface area contributed by atoms with Gasteiger partial charge in [-0.2, -0.15) is 0 Å². The first kappa shape index (κ1) is 21.2. The number of nitrogens with one attached hydrogen (secondary N) is 2. The Morgan fingerprint density at radius 2 is 1.96 bits per heavy atom. The summed E-state index contributed by atoms with van der Waals surface area (Å²) in [6, 6.07) is 5.98. The summed E-state index contributed by atoms with van der Waals surface area (Å²) in [5, 5.41) is 11.6. The summed E-state index contributed by atoms with van der Waals surface area (Å²) in [6.07, 6.45) is 0.603. The Hall–Kier alpha value is -2.08. The average molecular weight is 415 g/mol. The number of nitrogens with zero attached hydrogens (tertiary/aromatic N) is 2. The first-order chi connectivity index (χ1) is 12.9. The van der Waals surface area contributed by atoms with Gasteiger partial charge in [-0.25, -0.2) is 13.1 Å². The van der Waals surface area contributed by atoms with Gasteiger partial charge in [0.15, 0.2) is 0 Å². The van der Waals surface area contributed by atoms with Crippen LogP contribution in [0, 0.1) is 0 Å². The summed E-state index contributed by atoms with van der Waals surface area (Å²) < 4.78 is 37.0. The summed E-state index contributed by atoms with van der Waals surface area (Å²) >= 11 is 1.27. The van der Waals surface area contributed by atoms with E-state index in [-0.39, 0.29) is 23.8 Å². The van der Waals surface area contributed by atoms with Crippen molar-refractivity contribution >= 4 is 32.4 Å². The van der Waals surface area contributed by atoms with Crippen LogP contribution in [0.15, 0.2) is 29.2 Å². The van der Waals surface area contributed by atoms with E-state index in [1.807, 2.05) is 6.92 Å². The second-order valence-corrected chi connectivity index (χ2v) is 8.15. The second-order valence-electron chi connectivity index (χ2n) is 5.32. The molecule has 2 N–H and O–H groups in total. The van der Waals surface area contributed by atoms with E-state index in [1.165, 1.54) is 30.6 Å². The monoisotopic (exact) mass is 414 g/mol. The minimum Gasteiger partial charge on any atom is -0.497 e. The average Bonchev–Trinajstić information content (AvgIpc) is 3.09. The quantitative estimate of drug-likeness (QED) is 0.534. The van der Waals surface area contributed by atoms with Gasteiger partial charge in [-0.3, -0.25) is 4.79 Å².